The summed E-state index contributed by atoms with van der Waals surface area (Å²) >= 11 is 0. The smallest absolute Gasteiger partial charge is 0.339 e. The molecule has 0 aliphatic rings. The van der Waals surface area contributed by atoms with E-state index in [0.29, 0.717) is 22.9 Å². The Morgan fingerprint density at radius 3 is 2.39 bits per heavy atom. The van der Waals surface area contributed by atoms with Crippen molar-refractivity contribution in [3.8, 4) is 0 Å². The number of aromatic nitrogens is 2. The molecule has 0 saturated carbocycles. The molecule has 0 spiro atoms. The number of carbonyl (C=O) groups excluding carboxylic acids is 2. The lowest BCUT2D eigenvalue weighted by molar-refractivity contribution is 0.0601. The second kappa shape index (κ2) is 8.30. The maximum Gasteiger partial charge on any atom is 0.339 e. The SMILES string of the molecule is COC(=O)c1ccccc1Nc1cc(C(=O)N(C)c2ccccc2)nc(C)n1. The molecular weight excluding hydrogens is 356 g/mol. The summed E-state index contributed by atoms with van der Waals surface area (Å²) in [6.07, 6.45) is 0. The molecule has 0 bridgehead atoms. The normalized spacial score (nSPS) is 10.2. The molecule has 142 valence electrons. The Balaban J connectivity index is 1.91. The van der Waals surface area contributed by atoms with Crippen LogP contribution in [0.15, 0.2) is 60.7 Å². The summed E-state index contributed by atoms with van der Waals surface area (Å²) in [5.74, 6) is 0.119. The number of carbonyl (C=O) groups is 2. The van der Waals surface area contributed by atoms with Crippen LogP contribution in [0.1, 0.15) is 26.7 Å². The number of hydrogen-bond donors (Lipinski definition) is 1. The predicted molar refractivity (Wildman–Crippen MR) is 107 cm³/mol. The molecule has 1 heterocycles. The van der Waals surface area contributed by atoms with Crippen LogP contribution in [-0.4, -0.2) is 36.0 Å². The number of methoxy groups -OCH3 is 1. The van der Waals surface area contributed by atoms with E-state index >= 15 is 0 Å². The van der Waals surface area contributed by atoms with Crippen LogP contribution in [0, 0.1) is 6.92 Å². The van der Waals surface area contributed by atoms with Crippen molar-refractivity contribution >= 4 is 29.1 Å². The Bertz CT molecular complexity index is 1010. The van der Waals surface area contributed by atoms with Gasteiger partial charge in [-0.05, 0) is 31.2 Å². The Labute approximate surface area is 163 Å². The number of amides is 1. The highest BCUT2D eigenvalue weighted by Gasteiger charge is 2.18. The summed E-state index contributed by atoms with van der Waals surface area (Å²) in [7, 11) is 3.01. The first-order valence-electron chi connectivity index (χ1n) is 8.62. The quantitative estimate of drug-likeness (QED) is 0.685. The summed E-state index contributed by atoms with van der Waals surface area (Å²) in [6, 6.07) is 17.8. The average molecular weight is 376 g/mol. The average Bonchev–Trinajstić information content (AvgIpc) is 2.72. The van der Waals surface area contributed by atoms with Gasteiger partial charge in [0.25, 0.3) is 5.91 Å². The van der Waals surface area contributed by atoms with Crippen LogP contribution in [0.25, 0.3) is 0 Å². The zero-order valence-electron chi connectivity index (χ0n) is 15.8. The zero-order chi connectivity index (χ0) is 20.1. The summed E-state index contributed by atoms with van der Waals surface area (Å²) in [6.45, 7) is 1.71. The van der Waals surface area contributed by atoms with Crippen LogP contribution >= 0.6 is 0 Å². The topological polar surface area (TPSA) is 84.4 Å². The summed E-state index contributed by atoms with van der Waals surface area (Å²) in [5.41, 5.74) is 1.91. The molecule has 0 aliphatic carbocycles. The molecule has 3 rings (SSSR count). The fourth-order valence-corrected chi connectivity index (χ4v) is 2.70. The van der Waals surface area contributed by atoms with E-state index in [0.717, 1.165) is 5.69 Å². The molecule has 28 heavy (non-hydrogen) atoms. The van der Waals surface area contributed by atoms with Gasteiger partial charge in [0.15, 0.2) is 0 Å². The lowest BCUT2D eigenvalue weighted by Crippen LogP contribution is -2.27. The van der Waals surface area contributed by atoms with Gasteiger partial charge < -0.3 is 15.0 Å². The van der Waals surface area contributed by atoms with Gasteiger partial charge in [0.05, 0.1) is 18.4 Å². The molecule has 1 aromatic heterocycles. The highest BCUT2D eigenvalue weighted by atomic mass is 16.5. The third kappa shape index (κ3) is 4.15. The number of ether oxygens (including phenoxy) is 1. The molecule has 0 aliphatic heterocycles. The minimum Gasteiger partial charge on any atom is -0.465 e. The number of hydrogen-bond acceptors (Lipinski definition) is 6. The Morgan fingerprint density at radius 1 is 1.00 bits per heavy atom. The molecule has 7 heteroatoms. The van der Waals surface area contributed by atoms with Crippen LogP contribution in [0.4, 0.5) is 17.2 Å². The van der Waals surface area contributed by atoms with Crippen molar-refractivity contribution in [2.24, 2.45) is 0 Å². The Kier molecular flexibility index (Phi) is 5.64. The van der Waals surface area contributed by atoms with Crippen molar-refractivity contribution in [2.75, 3.05) is 24.4 Å². The lowest BCUT2D eigenvalue weighted by Gasteiger charge is -2.17. The van der Waals surface area contributed by atoms with Crippen molar-refractivity contribution in [2.45, 2.75) is 6.92 Å². The number of nitrogens with one attached hydrogen (secondary N) is 1. The van der Waals surface area contributed by atoms with Gasteiger partial charge in [0.1, 0.15) is 17.3 Å². The molecule has 0 saturated heterocycles. The number of esters is 1. The maximum absolute atomic E-state index is 12.9. The van der Waals surface area contributed by atoms with Gasteiger partial charge in [0.2, 0.25) is 0 Å². The van der Waals surface area contributed by atoms with Gasteiger partial charge in [-0.3, -0.25) is 4.79 Å². The van der Waals surface area contributed by atoms with Crippen molar-refractivity contribution in [1.82, 2.24) is 9.97 Å². The van der Waals surface area contributed by atoms with Gasteiger partial charge in [-0.25, -0.2) is 14.8 Å². The van der Waals surface area contributed by atoms with Gasteiger partial charge in [-0.2, -0.15) is 0 Å². The first kappa shape index (κ1) is 19.0. The predicted octanol–water partition coefficient (Wildman–Crippen LogP) is 3.59. The third-order valence-electron chi connectivity index (χ3n) is 4.10. The number of para-hydroxylation sites is 2. The summed E-state index contributed by atoms with van der Waals surface area (Å²) in [4.78, 5) is 34.9. The van der Waals surface area contributed by atoms with Crippen LogP contribution in [0.2, 0.25) is 0 Å². The molecule has 0 atom stereocenters. The highest BCUT2D eigenvalue weighted by molar-refractivity contribution is 6.05. The lowest BCUT2D eigenvalue weighted by atomic mass is 10.2. The van der Waals surface area contributed by atoms with Crippen LogP contribution in [0.3, 0.4) is 0 Å². The van der Waals surface area contributed by atoms with E-state index in [2.05, 4.69) is 15.3 Å². The first-order valence-corrected chi connectivity index (χ1v) is 8.62. The number of benzene rings is 2. The molecule has 3 aromatic rings. The van der Waals surface area contributed by atoms with Crippen LogP contribution < -0.4 is 10.2 Å². The second-order valence-corrected chi connectivity index (χ2v) is 6.05. The fraction of sp³-hybridized carbons (Fsp3) is 0.143. The molecule has 1 amide bonds. The minimum absolute atomic E-state index is 0.247. The van der Waals surface area contributed by atoms with E-state index in [1.807, 2.05) is 30.3 Å². The molecular formula is C21H20N4O3. The van der Waals surface area contributed by atoms with E-state index in [4.69, 9.17) is 4.74 Å². The number of rotatable bonds is 5. The van der Waals surface area contributed by atoms with Crippen molar-refractivity contribution in [3.63, 3.8) is 0 Å². The second-order valence-electron chi connectivity index (χ2n) is 6.05. The third-order valence-corrected chi connectivity index (χ3v) is 4.10. The number of anilines is 3. The van der Waals surface area contributed by atoms with Crippen molar-refractivity contribution in [3.05, 3.63) is 77.7 Å². The van der Waals surface area contributed by atoms with Gasteiger partial charge in [0, 0.05) is 18.8 Å². The van der Waals surface area contributed by atoms with E-state index in [9.17, 15) is 9.59 Å². The highest BCUT2D eigenvalue weighted by Crippen LogP contribution is 2.22. The molecule has 2 aromatic carbocycles. The molecule has 0 unspecified atom stereocenters. The van der Waals surface area contributed by atoms with Gasteiger partial charge in [-0.15, -0.1) is 0 Å². The monoisotopic (exact) mass is 376 g/mol. The minimum atomic E-state index is -0.464. The molecule has 1 N–H and O–H groups in total. The molecule has 0 radical (unpaired) electrons. The molecule has 7 nitrogen and oxygen atoms in total. The summed E-state index contributed by atoms with van der Waals surface area (Å²) < 4.78 is 4.81. The number of aryl methyl sites for hydroxylation is 1. The number of nitrogens with zero attached hydrogens (tertiary/aromatic N) is 3. The largest absolute Gasteiger partial charge is 0.465 e. The summed E-state index contributed by atoms with van der Waals surface area (Å²) in [5, 5.41) is 3.08. The van der Waals surface area contributed by atoms with E-state index < -0.39 is 5.97 Å². The standard InChI is InChI=1S/C21H20N4O3/c1-14-22-18(20(26)25(2)15-9-5-4-6-10-15)13-19(23-14)24-17-12-8-7-11-16(17)21(27)28-3/h4-13H,1-3H3,(H,22,23,24). The van der Waals surface area contributed by atoms with E-state index in [1.54, 1.807) is 44.3 Å². The molecule has 0 fully saturated rings. The van der Waals surface area contributed by atoms with E-state index in [-0.39, 0.29) is 11.6 Å². The zero-order valence-corrected chi connectivity index (χ0v) is 15.8. The van der Waals surface area contributed by atoms with Gasteiger partial charge >= 0.3 is 5.97 Å². The maximum atomic E-state index is 12.9. The Morgan fingerprint density at radius 2 is 1.68 bits per heavy atom. The van der Waals surface area contributed by atoms with Crippen LogP contribution in [-0.2, 0) is 4.74 Å². The first-order chi connectivity index (χ1) is 13.5. The van der Waals surface area contributed by atoms with Crippen molar-refractivity contribution < 1.29 is 14.3 Å². The fourth-order valence-electron chi connectivity index (χ4n) is 2.70. The van der Waals surface area contributed by atoms with Gasteiger partial charge in [-0.1, -0.05) is 30.3 Å². The van der Waals surface area contributed by atoms with Crippen LogP contribution in [0.5, 0.6) is 0 Å². The van der Waals surface area contributed by atoms with E-state index in [1.165, 1.54) is 12.0 Å². The van der Waals surface area contributed by atoms with Crippen molar-refractivity contribution in [1.29, 1.82) is 0 Å². The Hall–Kier alpha value is -3.74.